The van der Waals surface area contributed by atoms with Gasteiger partial charge < -0.3 is 0 Å². The molecule has 6 aromatic carbocycles. The van der Waals surface area contributed by atoms with Crippen molar-refractivity contribution in [3.05, 3.63) is 212 Å². The number of hydrogen-bond donors (Lipinski definition) is 0. The summed E-state index contributed by atoms with van der Waals surface area (Å²) in [5, 5.41) is 0.909. The Labute approximate surface area is 591 Å². The van der Waals surface area contributed by atoms with Crippen LogP contribution in [0.25, 0.3) is 0 Å². The first-order valence-corrected chi connectivity index (χ1v) is 36.0. The fraction of sp³-hybridized carbons (Fsp3) is 0.609. The molecule has 6 unspecified atom stereocenters. The smallest absolute Gasteiger partial charge is 0.126 e. The summed E-state index contributed by atoms with van der Waals surface area (Å²) in [5.74, 6) is 4.61. The van der Waals surface area contributed by atoms with Crippen LogP contribution >= 0.6 is 11.6 Å². The fourth-order valence-corrected chi connectivity index (χ4v) is 13.1. The van der Waals surface area contributed by atoms with Gasteiger partial charge in [-0.25, -0.2) is 4.39 Å². The first kappa shape index (κ1) is 91.6. The van der Waals surface area contributed by atoms with Crippen LogP contribution < -0.4 is 0 Å². The first-order valence-electron chi connectivity index (χ1n) is 35.7. The molecule has 7 rings (SSSR count). The van der Waals surface area contributed by atoms with E-state index in [1.54, 1.807) is 13.0 Å². The lowest BCUT2D eigenvalue weighted by Gasteiger charge is -2.24. The number of rotatable bonds is 13. The Hall–Kier alpha value is -4.46. The average Bonchev–Trinajstić information content (AvgIpc) is 1.12. The maximum Gasteiger partial charge on any atom is 0.126 e. The van der Waals surface area contributed by atoms with Crippen LogP contribution in [0.1, 0.15) is 351 Å². The third kappa shape index (κ3) is 45.9. The molecule has 0 amide bonds. The predicted octanol–water partition coefficient (Wildman–Crippen LogP) is 31.5. The van der Waals surface area contributed by atoms with Crippen molar-refractivity contribution in [1.82, 2.24) is 0 Å². The minimum Gasteiger partial charge on any atom is -0.207 e. The highest BCUT2D eigenvalue weighted by atomic mass is 35.5. The third-order valence-corrected chi connectivity index (χ3v) is 16.9. The van der Waals surface area contributed by atoms with Gasteiger partial charge in [-0.3, -0.25) is 0 Å². The van der Waals surface area contributed by atoms with Crippen LogP contribution in [0.2, 0.25) is 5.02 Å². The van der Waals surface area contributed by atoms with Crippen molar-refractivity contribution in [2.24, 2.45) is 43.8 Å². The van der Waals surface area contributed by atoms with Crippen LogP contribution in [0.3, 0.4) is 0 Å². The molecule has 1 aliphatic rings. The van der Waals surface area contributed by atoms with Crippen molar-refractivity contribution in [3.8, 4) is 0 Å². The molecule has 1 aliphatic carbocycles. The molecule has 532 valence electrons. The fourth-order valence-electron chi connectivity index (χ4n) is 12.7. The highest BCUT2D eigenvalue weighted by Gasteiger charge is 2.27. The highest BCUT2D eigenvalue weighted by Crippen LogP contribution is 2.40. The Balaban J connectivity index is 0. The van der Waals surface area contributed by atoms with E-state index in [0.717, 1.165) is 34.9 Å². The zero-order valence-electron chi connectivity index (χ0n) is 65.5. The number of aryl methyl sites for hydroxylation is 4. The second-order valence-electron chi connectivity index (χ2n) is 36.9. The summed E-state index contributed by atoms with van der Waals surface area (Å²) in [6.45, 7) is 69.8. The zero-order valence-corrected chi connectivity index (χ0v) is 66.3. The van der Waals surface area contributed by atoms with Crippen LogP contribution in [-0.4, -0.2) is 0 Å². The van der Waals surface area contributed by atoms with E-state index in [1.807, 2.05) is 12.1 Å². The quantitative estimate of drug-likeness (QED) is 0.108. The van der Waals surface area contributed by atoms with Gasteiger partial charge in [-0.15, -0.1) is 0 Å². The van der Waals surface area contributed by atoms with E-state index in [2.05, 4.69) is 335 Å². The standard InChI is InChI=1S/C14H21Cl.C14H21F.2C14H22.2C13H20.C8H16.2CH4/c1-10-6-7-12(13(15)8-10)11(2)9-14(3,4)5;1-10-6-7-12(8-13(10)15)11(2)9-14(3,4)5;2*1-11-6-8-13(9-7-11)12(2)10-14(3,4)5;2*1-11(10-13(2,3)4)12-8-6-5-7-9-12;1-8(2,3)6-7-4-5-7;;/h2*6-8,11H,9H2,1-5H3;2*6-9,12H,10H2,1-5H3;2*5-9,11H,10H2,1-4H3;7H,4-6H2,1-3H3;2*1H4. The van der Waals surface area contributed by atoms with Crippen molar-refractivity contribution in [2.45, 2.75) is 323 Å². The average molecular weight is 1310 g/mol. The van der Waals surface area contributed by atoms with Gasteiger partial charge in [-0.2, -0.15) is 0 Å². The summed E-state index contributed by atoms with van der Waals surface area (Å²) >= 11 is 6.25. The normalized spacial score (nSPS) is 14.4. The molecule has 0 spiro atoms. The zero-order chi connectivity index (χ0) is 70.8. The summed E-state index contributed by atoms with van der Waals surface area (Å²) < 4.78 is 13.4. The lowest BCUT2D eigenvalue weighted by Crippen LogP contribution is -2.10. The summed E-state index contributed by atoms with van der Waals surface area (Å²) in [6.07, 6.45) is 11.7. The van der Waals surface area contributed by atoms with Gasteiger partial charge in [0.2, 0.25) is 0 Å². The monoisotopic (exact) mass is 1310 g/mol. The van der Waals surface area contributed by atoms with Crippen molar-refractivity contribution in [3.63, 3.8) is 0 Å². The minimum atomic E-state index is -0.0896. The first-order chi connectivity index (χ1) is 41.9. The predicted molar refractivity (Wildman–Crippen MR) is 428 cm³/mol. The van der Waals surface area contributed by atoms with Gasteiger partial charge in [0.15, 0.2) is 0 Å². The Morgan fingerprint density at radius 3 is 0.851 bits per heavy atom. The third-order valence-electron chi connectivity index (χ3n) is 16.6. The second kappa shape index (κ2) is 41.7. The number of benzene rings is 6. The van der Waals surface area contributed by atoms with Gasteiger partial charge in [0.1, 0.15) is 5.82 Å². The molecular formula is C92H150ClF. The molecule has 0 aromatic heterocycles. The largest absolute Gasteiger partial charge is 0.207 e. The summed E-state index contributed by atoms with van der Waals surface area (Å²) in [7, 11) is 0. The van der Waals surface area contributed by atoms with Gasteiger partial charge in [0, 0.05) is 5.02 Å². The van der Waals surface area contributed by atoms with E-state index in [1.165, 1.54) is 89.5 Å². The van der Waals surface area contributed by atoms with Crippen LogP contribution in [-0.2, 0) is 0 Å². The maximum atomic E-state index is 13.4. The van der Waals surface area contributed by atoms with Gasteiger partial charge in [0.05, 0.1) is 0 Å². The molecule has 94 heavy (non-hydrogen) atoms. The molecule has 0 nitrogen and oxygen atoms in total. The van der Waals surface area contributed by atoms with Crippen molar-refractivity contribution in [1.29, 1.82) is 0 Å². The van der Waals surface area contributed by atoms with E-state index < -0.39 is 0 Å². The van der Waals surface area contributed by atoms with Crippen LogP contribution in [0.15, 0.2) is 146 Å². The van der Waals surface area contributed by atoms with E-state index in [9.17, 15) is 4.39 Å². The topological polar surface area (TPSA) is 0 Å². The molecular weight excluding hydrogens is 1160 g/mol. The minimum absolute atomic E-state index is 0. The highest BCUT2D eigenvalue weighted by molar-refractivity contribution is 6.31. The Kier molecular flexibility index (Phi) is 40.6. The lowest BCUT2D eigenvalue weighted by atomic mass is 9.82. The van der Waals surface area contributed by atoms with Gasteiger partial charge >= 0.3 is 0 Å². The van der Waals surface area contributed by atoms with Gasteiger partial charge in [0.25, 0.3) is 0 Å². The van der Waals surface area contributed by atoms with E-state index >= 15 is 0 Å². The molecule has 0 N–H and O–H groups in total. The molecule has 1 saturated carbocycles. The van der Waals surface area contributed by atoms with E-state index in [4.69, 9.17) is 11.6 Å². The van der Waals surface area contributed by atoms with Crippen LogP contribution in [0.4, 0.5) is 4.39 Å². The summed E-state index contributed by atoms with van der Waals surface area (Å²) in [6, 6.07) is 51.3. The summed E-state index contributed by atoms with van der Waals surface area (Å²) in [5.41, 5.74) is 15.8. The number of halogens is 2. The Morgan fingerprint density at radius 2 is 0.596 bits per heavy atom. The molecule has 1 fully saturated rings. The molecule has 0 radical (unpaired) electrons. The van der Waals surface area contributed by atoms with Gasteiger partial charge in [-0.05, 0) is 209 Å². The Bertz CT molecular complexity index is 2770. The number of hydrogen-bond acceptors (Lipinski definition) is 0. The maximum absolute atomic E-state index is 13.4. The molecule has 6 aromatic rings. The SMILES string of the molecule is C.C.CC(C)(C)CC1CC1.CC(CC(C)(C)C)c1ccccc1.CC(CC(C)(C)C)c1ccccc1.Cc1ccc(C(C)CC(C)(C)C)c(Cl)c1.Cc1ccc(C(C)CC(C)(C)C)cc1.Cc1ccc(C(C)CC(C)(C)C)cc1.Cc1ccc(C(C)CC(C)(C)C)cc1F. The van der Waals surface area contributed by atoms with Gasteiger partial charge in [-0.1, -0.05) is 371 Å². The van der Waals surface area contributed by atoms with Crippen molar-refractivity contribution >= 4 is 11.6 Å². The summed E-state index contributed by atoms with van der Waals surface area (Å²) in [4.78, 5) is 0. The molecule has 0 saturated heterocycles. The molecule has 6 atom stereocenters. The Morgan fingerprint density at radius 1 is 0.330 bits per heavy atom. The molecule has 0 bridgehead atoms. The van der Waals surface area contributed by atoms with Crippen LogP contribution in [0.5, 0.6) is 0 Å². The van der Waals surface area contributed by atoms with E-state index in [-0.39, 0.29) is 20.7 Å². The van der Waals surface area contributed by atoms with E-state index in [0.29, 0.717) is 73.4 Å². The molecule has 2 heteroatoms. The van der Waals surface area contributed by atoms with Crippen molar-refractivity contribution in [2.75, 3.05) is 0 Å². The second-order valence-corrected chi connectivity index (χ2v) is 37.3. The lowest BCUT2D eigenvalue weighted by molar-refractivity contribution is 0.348. The molecule has 0 heterocycles. The van der Waals surface area contributed by atoms with Crippen LogP contribution in [0, 0.1) is 77.3 Å². The van der Waals surface area contributed by atoms with Crippen molar-refractivity contribution < 1.29 is 4.39 Å². The molecule has 0 aliphatic heterocycles.